The van der Waals surface area contributed by atoms with Crippen LogP contribution in [0.15, 0.2) is 27.5 Å². The lowest BCUT2D eigenvalue weighted by Crippen LogP contribution is -2.25. The van der Waals surface area contributed by atoms with Crippen molar-refractivity contribution < 1.29 is 14.5 Å². The third-order valence-electron chi connectivity index (χ3n) is 3.56. The minimum atomic E-state index is -0.775. The summed E-state index contributed by atoms with van der Waals surface area (Å²) < 4.78 is 0.903. The van der Waals surface area contributed by atoms with Gasteiger partial charge in [-0.1, -0.05) is 0 Å². The van der Waals surface area contributed by atoms with Crippen LogP contribution in [0.5, 0.6) is 0 Å². The zero-order valence-electron chi connectivity index (χ0n) is 12.1. The molecule has 0 radical (unpaired) electrons. The highest BCUT2D eigenvalue weighted by Crippen LogP contribution is 2.32. The van der Waals surface area contributed by atoms with Gasteiger partial charge in [0.15, 0.2) is 0 Å². The van der Waals surface area contributed by atoms with Gasteiger partial charge < -0.3 is 5.73 Å². The summed E-state index contributed by atoms with van der Waals surface area (Å²) in [6.45, 7) is 0. The Hall–Kier alpha value is -3.52. The Labute approximate surface area is 146 Å². The fourth-order valence-corrected chi connectivity index (χ4v) is 3.14. The largest absolute Gasteiger partial charge is 0.384 e. The van der Waals surface area contributed by atoms with Crippen LogP contribution in [0.25, 0.3) is 5.69 Å². The molecule has 2 heterocycles. The quantitative estimate of drug-likeness (QED) is 0.426. The summed E-state index contributed by atoms with van der Waals surface area (Å²) in [5.41, 5.74) is 4.12. The molecule has 1 aromatic heterocycles. The Bertz CT molecular complexity index is 1100. The Morgan fingerprint density at radius 1 is 1.24 bits per heavy atom. The summed E-state index contributed by atoms with van der Waals surface area (Å²) in [5, 5.41) is 22.2. The fraction of sp³-hybridized carbons (Fsp3) is 0. The molecular weight excluding hydrogens is 398 g/mol. The highest BCUT2D eigenvalue weighted by atomic mass is 79.9. The molecule has 0 saturated heterocycles. The minimum absolute atomic E-state index is 0.0525. The second-order valence-corrected chi connectivity index (χ2v) is 5.82. The first kappa shape index (κ1) is 16.3. The van der Waals surface area contributed by atoms with Crippen LogP contribution in [0, 0.1) is 21.4 Å². The monoisotopic (exact) mass is 403 g/mol. The lowest BCUT2D eigenvalue weighted by molar-refractivity contribution is -0.384. The van der Waals surface area contributed by atoms with Gasteiger partial charge in [-0.15, -0.1) is 0 Å². The number of nitrogens with one attached hydrogen (secondary N) is 1. The molecule has 1 aromatic carbocycles. The number of aromatic nitrogens is 1. The Balaban J connectivity index is 2.40. The topological polar surface area (TPSA) is 161 Å². The standard InChI is InChI=1S/C14H6BrN5O5/c15-8-2-6(20(24)25)1-5(4-16)11(8)19-9(21)3-7-10(12(19)17)14(23)18-13(7)22/h1-3H,17H2,(H,18,22,23). The molecule has 1 aliphatic heterocycles. The third-order valence-corrected chi connectivity index (χ3v) is 4.16. The number of nitriles is 1. The van der Waals surface area contributed by atoms with Crippen molar-refractivity contribution in [3.05, 3.63) is 59.8 Å². The molecule has 0 saturated carbocycles. The second-order valence-electron chi connectivity index (χ2n) is 4.97. The number of imide groups is 1. The maximum absolute atomic E-state index is 12.4. The number of hydrogen-bond donors (Lipinski definition) is 2. The number of hydrogen-bond acceptors (Lipinski definition) is 7. The van der Waals surface area contributed by atoms with Crippen LogP contribution in [-0.2, 0) is 0 Å². The molecule has 2 aromatic rings. The van der Waals surface area contributed by atoms with E-state index in [1.54, 1.807) is 6.07 Å². The van der Waals surface area contributed by atoms with Crippen molar-refractivity contribution in [1.82, 2.24) is 9.88 Å². The molecule has 25 heavy (non-hydrogen) atoms. The van der Waals surface area contributed by atoms with Crippen molar-refractivity contribution in [2.24, 2.45) is 0 Å². The number of nitrogens with zero attached hydrogens (tertiary/aromatic N) is 3. The van der Waals surface area contributed by atoms with E-state index in [2.05, 4.69) is 15.9 Å². The summed E-state index contributed by atoms with van der Waals surface area (Å²) >= 11 is 3.08. The van der Waals surface area contributed by atoms with Gasteiger partial charge in [-0.2, -0.15) is 5.26 Å². The van der Waals surface area contributed by atoms with Crippen LogP contribution < -0.4 is 16.6 Å². The number of nitro groups is 1. The molecule has 0 spiro atoms. The van der Waals surface area contributed by atoms with Gasteiger partial charge in [-0.3, -0.25) is 34.4 Å². The average molecular weight is 404 g/mol. The summed E-state index contributed by atoms with van der Waals surface area (Å²) in [6, 6.07) is 4.75. The van der Waals surface area contributed by atoms with E-state index in [-0.39, 0.29) is 38.4 Å². The van der Waals surface area contributed by atoms with Crippen molar-refractivity contribution >= 4 is 39.2 Å². The van der Waals surface area contributed by atoms with Gasteiger partial charge in [0.1, 0.15) is 11.9 Å². The number of amides is 2. The summed E-state index contributed by atoms with van der Waals surface area (Å²) in [4.78, 5) is 46.2. The molecule has 0 fully saturated rings. The maximum Gasteiger partial charge on any atom is 0.272 e. The normalized spacial score (nSPS) is 12.5. The number of carbonyl (C=O) groups excluding carboxylic acids is 2. The number of non-ortho nitro benzene ring substituents is 1. The van der Waals surface area contributed by atoms with Crippen molar-refractivity contribution in [2.75, 3.05) is 5.73 Å². The van der Waals surface area contributed by atoms with E-state index in [1.807, 2.05) is 5.32 Å². The number of nitrogens with two attached hydrogens (primary N) is 1. The van der Waals surface area contributed by atoms with Gasteiger partial charge in [0.2, 0.25) is 0 Å². The molecule has 0 bridgehead atoms. The zero-order chi connectivity index (χ0) is 18.5. The first-order chi connectivity index (χ1) is 11.8. The fourth-order valence-electron chi connectivity index (χ4n) is 2.51. The maximum atomic E-state index is 12.4. The number of carbonyl (C=O) groups is 2. The Morgan fingerprint density at radius 2 is 1.92 bits per heavy atom. The first-order valence-electron chi connectivity index (χ1n) is 6.56. The van der Waals surface area contributed by atoms with Crippen molar-refractivity contribution in [1.29, 1.82) is 5.26 Å². The van der Waals surface area contributed by atoms with E-state index >= 15 is 0 Å². The lowest BCUT2D eigenvalue weighted by Gasteiger charge is -2.14. The van der Waals surface area contributed by atoms with Crippen LogP contribution in [0.2, 0.25) is 0 Å². The number of anilines is 1. The zero-order valence-corrected chi connectivity index (χ0v) is 13.7. The van der Waals surface area contributed by atoms with Crippen LogP contribution >= 0.6 is 15.9 Å². The van der Waals surface area contributed by atoms with E-state index in [0.717, 1.165) is 22.8 Å². The van der Waals surface area contributed by atoms with Gasteiger partial charge in [0, 0.05) is 22.7 Å². The second kappa shape index (κ2) is 5.53. The van der Waals surface area contributed by atoms with E-state index in [9.17, 15) is 29.8 Å². The van der Waals surface area contributed by atoms with Crippen LogP contribution in [0.3, 0.4) is 0 Å². The average Bonchev–Trinajstić information content (AvgIpc) is 2.82. The summed E-state index contributed by atoms with van der Waals surface area (Å²) in [7, 11) is 0. The molecule has 11 heteroatoms. The number of nitro benzene ring substituents is 1. The highest BCUT2D eigenvalue weighted by molar-refractivity contribution is 9.10. The SMILES string of the molecule is N#Cc1cc([N+](=O)[O-])cc(Br)c1-n1c(N)c2c(cc1=O)C(=O)NC2=O. The molecular formula is C14H6BrN5O5. The van der Waals surface area contributed by atoms with Gasteiger partial charge in [-0.05, 0) is 15.9 Å². The third kappa shape index (κ3) is 2.36. The van der Waals surface area contributed by atoms with E-state index in [0.29, 0.717) is 0 Å². The molecule has 3 N–H and O–H groups in total. The van der Waals surface area contributed by atoms with Crippen LogP contribution in [-0.4, -0.2) is 21.3 Å². The molecule has 124 valence electrons. The van der Waals surface area contributed by atoms with Crippen molar-refractivity contribution in [3.8, 4) is 11.8 Å². The number of nitrogen functional groups attached to an aromatic ring is 1. The molecule has 1 aliphatic rings. The summed E-state index contributed by atoms with van der Waals surface area (Å²) in [5.74, 6) is -1.88. The molecule has 0 aliphatic carbocycles. The smallest absolute Gasteiger partial charge is 0.272 e. The molecule has 0 atom stereocenters. The molecule has 3 rings (SSSR count). The molecule has 10 nitrogen and oxygen atoms in total. The molecule has 2 amide bonds. The predicted molar refractivity (Wildman–Crippen MR) is 87.3 cm³/mol. The predicted octanol–water partition coefficient (Wildman–Crippen LogP) is 0.846. The van der Waals surface area contributed by atoms with E-state index in [4.69, 9.17) is 5.73 Å². The van der Waals surface area contributed by atoms with Gasteiger partial charge in [0.05, 0.1) is 27.3 Å². The minimum Gasteiger partial charge on any atom is -0.384 e. The van der Waals surface area contributed by atoms with Crippen molar-refractivity contribution in [3.63, 3.8) is 0 Å². The van der Waals surface area contributed by atoms with E-state index in [1.165, 1.54) is 0 Å². The van der Waals surface area contributed by atoms with E-state index < -0.39 is 22.3 Å². The number of benzene rings is 1. The number of pyridine rings is 1. The van der Waals surface area contributed by atoms with Gasteiger partial charge in [-0.25, -0.2) is 0 Å². The molecule has 0 unspecified atom stereocenters. The highest BCUT2D eigenvalue weighted by Gasteiger charge is 2.32. The first-order valence-corrected chi connectivity index (χ1v) is 7.35. The Morgan fingerprint density at radius 3 is 2.52 bits per heavy atom. The number of rotatable bonds is 2. The Kier molecular flexibility index (Phi) is 3.62. The summed E-state index contributed by atoms with van der Waals surface area (Å²) in [6.07, 6.45) is 0. The lowest BCUT2D eigenvalue weighted by atomic mass is 10.1. The van der Waals surface area contributed by atoms with Gasteiger partial charge in [0.25, 0.3) is 23.1 Å². The van der Waals surface area contributed by atoms with Crippen LogP contribution in [0.4, 0.5) is 11.5 Å². The van der Waals surface area contributed by atoms with Gasteiger partial charge >= 0.3 is 0 Å². The number of halogens is 1. The van der Waals surface area contributed by atoms with Crippen LogP contribution in [0.1, 0.15) is 26.3 Å². The number of fused-ring (bicyclic) bond motifs is 1. The van der Waals surface area contributed by atoms with Crippen molar-refractivity contribution in [2.45, 2.75) is 0 Å².